The van der Waals surface area contributed by atoms with Gasteiger partial charge >= 0.3 is 0 Å². The van der Waals surface area contributed by atoms with Crippen LogP contribution in [0.4, 0.5) is 10.1 Å². The van der Waals surface area contributed by atoms with Gasteiger partial charge in [-0.1, -0.05) is 59.8 Å². The Morgan fingerprint density at radius 2 is 1.84 bits per heavy atom. The quantitative estimate of drug-likeness (QED) is 0.295. The fourth-order valence-corrected chi connectivity index (χ4v) is 4.52. The first kappa shape index (κ1) is 22.3. The van der Waals surface area contributed by atoms with Gasteiger partial charge in [-0.05, 0) is 54.1 Å². The molecule has 1 fully saturated rings. The van der Waals surface area contributed by atoms with Gasteiger partial charge in [-0.25, -0.2) is 4.39 Å². The van der Waals surface area contributed by atoms with Crippen molar-refractivity contribution in [3.8, 4) is 11.5 Å². The minimum Gasteiger partial charge on any atom is -0.493 e. The molecule has 1 amide bonds. The van der Waals surface area contributed by atoms with Gasteiger partial charge in [0, 0.05) is 10.6 Å². The molecule has 1 saturated heterocycles. The number of benzene rings is 3. The first-order chi connectivity index (χ1) is 15.5. The molecule has 162 valence electrons. The molecule has 4 rings (SSSR count). The van der Waals surface area contributed by atoms with E-state index in [1.807, 2.05) is 6.07 Å². The monoisotopic (exact) mass is 485 g/mol. The van der Waals surface area contributed by atoms with Crippen LogP contribution in [0.1, 0.15) is 11.1 Å². The van der Waals surface area contributed by atoms with Crippen LogP contribution in [0.2, 0.25) is 5.02 Å². The maximum absolute atomic E-state index is 13.9. The van der Waals surface area contributed by atoms with E-state index < -0.39 is 0 Å². The molecular weight excluding hydrogens is 469 g/mol. The van der Waals surface area contributed by atoms with Crippen LogP contribution in [-0.2, 0) is 11.4 Å². The predicted molar refractivity (Wildman–Crippen MR) is 131 cm³/mol. The van der Waals surface area contributed by atoms with E-state index in [0.29, 0.717) is 37.0 Å². The third-order valence-electron chi connectivity index (χ3n) is 4.70. The minimum atomic E-state index is -0.339. The van der Waals surface area contributed by atoms with Crippen LogP contribution < -0.4 is 14.4 Å². The number of thioether (sulfide) groups is 1. The van der Waals surface area contributed by atoms with E-state index in [9.17, 15) is 9.18 Å². The summed E-state index contributed by atoms with van der Waals surface area (Å²) in [5.74, 6) is 0.394. The Morgan fingerprint density at radius 3 is 2.56 bits per heavy atom. The molecular formula is C24H17ClFNO3S2. The van der Waals surface area contributed by atoms with Crippen molar-refractivity contribution in [3.63, 3.8) is 0 Å². The topological polar surface area (TPSA) is 38.8 Å². The molecule has 3 aromatic carbocycles. The third kappa shape index (κ3) is 4.80. The molecule has 0 aromatic heterocycles. The first-order valence-electron chi connectivity index (χ1n) is 9.54. The van der Waals surface area contributed by atoms with Crippen molar-refractivity contribution in [1.29, 1.82) is 0 Å². The van der Waals surface area contributed by atoms with Crippen molar-refractivity contribution in [2.45, 2.75) is 6.61 Å². The van der Waals surface area contributed by atoms with Crippen LogP contribution in [-0.4, -0.2) is 17.3 Å². The largest absolute Gasteiger partial charge is 0.493 e. The van der Waals surface area contributed by atoms with Gasteiger partial charge in [-0.3, -0.25) is 9.69 Å². The SMILES string of the molecule is COc1ccc(/C=C2/SC(=S)N(c3ccc(Cl)cc3)C2=O)cc1OCc1ccccc1F. The van der Waals surface area contributed by atoms with Crippen molar-refractivity contribution < 1.29 is 18.7 Å². The van der Waals surface area contributed by atoms with Gasteiger partial charge in [-0.15, -0.1) is 0 Å². The predicted octanol–water partition coefficient (Wildman–Crippen LogP) is 6.47. The summed E-state index contributed by atoms with van der Waals surface area (Å²) in [5, 5.41) is 0.580. The average Bonchev–Trinajstić information content (AvgIpc) is 3.07. The number of nitrogens with zero attached hydrogens (tertiary/aromatic N) is 1. The summed E-state index contributed by atoms with van der Waals surface area (Å²) >= 11 is 12.6. The number of anilines is 1. The Balaban J connectivity index is 1.57. The zero-order valence-corrected chi connectivity index (χ0v) is 19.3. The van der Waals surface area contributed by atoms with E-state index in [-0.39, 0.29) is 18.3 Å². The molecule has 4 nitrogen and oxygen atoms in total. The second kappa shape index (κ2) is 9.73. The lowest BCUT2D eigenvalue weighted by atomic mass is 10.1. The molecule has 8 heteroatoms. The summed E-state index contributed by atoms with van der Waals surface area (Å²) in [7, 11) is 1.53. The zero-order chi connectivity index (χ0) is 22.7. The summed E-state index contributed by atoms with van der Waals surface area (Å²) in [5.41, 5.74) is 1.82. The fourth-order valence-electron chi connectivity index (χ4n) is 3.10. The van der Waals surface area contributed by atoms with Crippen molar-refractivity contribution in [2.24, 2.45) is 0 Å². The Morgan fingerprint density at radius 1 is 1.09 bits per heavy atom. The van der Waals surface area contributed by atoms with Crippen LogP contribution in [0.5, 0.6) is 11.5 Å². The van der Waals surface area contributed by atoms with Crippen LogP contribution in [0.15, 0.2) is 71.6 Å². The number of ether oxygens (including phenoxy) is 2. The number of halogens is 2. The minimum absolute atomic E-state index is 0.0468. The van der Waals surface area contributed by atoms with E-state index in [0.717, 1.165) is 5.56 Å². The maximum Gasteiger partial charge on any atom is 0.270 e. The number of amides is 1. The summed E-state index contributed by atoms with van der Waals surface area (Å²) in [4.78, 5) is 14.9. The number of thiocarbonyl (C=S) groups is 1. The molecule has 1 aliphatic heterocycles. The number of carbonyl (C=O) groups excluding carboxylic acids is 1. The molecule has 0 radical (unpaired) electrons. The van der Waals surface area contributed by atoms with Crippen molar-refractivity contribution in [1.82, 2.24) is 0 Å². The average molecular weight is 486 g/mol. The highest BCUT2D eigenvalue weighted by atomic mass is 35.5. The Hall–Kier alpha value is -2.87. The molecule has 1 aliphatic rings. The van der Waals surface area contributed by atoms with Crippen molar-refractivity contribution in [3.05, 3.63) is 93.6 Å². The molecule has 0 spiro atoms. The van der Waals surface area contributed by atoms with E-state index in [4.69, 9.17) is 33.3 Å². The van der Waals surface area contributed by atoms with Crippen molar-refractivity contribution >= 4 is 57.6 Å². The fraction of sp³-hybridized carbons (Fsp3) is 0.0833. The molecule has 0 bridgehead atoms. The van der Waals surface area contributed by atoms with Gasteiger partial charge in [0.05, 0.1) is 17.7 Å². The summed E-state index contributed by atoms with van der Waals surface area (Å²) in [6, 6.07) is 18.6. The standard InChI is InChI=1S/C24H17ClFNO3S2/c1-29-20-11-6-15(12-21(20)30-14-16-4-2-3-5-19(16)26)13-22-23(28)27(24(31)32-22)18-9-7-17(25)8-10-18/h2-13H,14H2,1H3/b22-13+. The number of methoxy groups -OCH3 is 1. The highest BCUT2D eigenvalue weighted by Gasteiger charge is 2.33. The first-order valence-corrected chi connectivity index (χ1v) is 11.1. The van der Waals surface area contributed by atoms with Crippen LogP contribution in [0.3, 0.4) is 0 Å². The molecule has 0 saturated carbocycles. The lowest BCUT2D eigenvalue weighted by Crippen LogP contribution is -2.27. The van der Waals surface area contributed by atoms with Crippen LogP contribution >= 0.6 is 35.6 Å². The maximum atomic E-state index is 13.9. The molecule has 0 unspecified atom stereocenters. The van der Waals surface area contributed by atoms with E-state index in [2.05, 4.69) is 0 Å². The number of hydrogen-bond acceptors (Lipinski definition) is 5. The number of rotatable bonds is 6. The normalized spacial score (nSPS) is 14.8. The van der Waals surface area contributed by atoms with E-state index >= 15 is 0 Å². The van der Waals surface area contributed by atoms with Gasteiger partial charge in [0.2, 0.25) is 0 Å². The highest BCUT2D eigenvalue weighted by molar-refractivity contribution is 8.27. The van der Waals surface area contributed by atoms with Crippen molar-refractivity contribution in [2.75, 3.05) is 12.0 Å². The van der Waals surface area contributed by atoms with Gasteiger partial charge in [0.15, 0.2) is 15.8 Å². The Bertz CT molecular complexity index is 1210. The summed E-state index contributed by atoms with van der Waals surface area (Å²) in [6.45, 7) is 0.0468. The van der Waals surface area contributed by atoms with E-state index in [1.165, 1.54) is 29.8 Å². The lowest BCUT2D eigenvalue weighted by molar-refractivity contribution is -0.113. The number of hydrogen-bond donors (Lipinski definition) is 0. The van der Waals surface area contributed by atoms with Gasteiger partial charge in [0.1, 0.15) is 12.4 Å². The lowest BCUT2D eigenvalue weighted by Gasteiger charge is -2.14. The number of carbonyl (C=O) groups is 1. The summed E-state index contributed by atoms with van der Waals surface area (Å²) < 4.78 is 25.5. The van der Waals surface area contributed by atoms with E-state index in [1.54, 1.807) is 60.7 Å². The second-order valence-electron chi connectivity index (χ2n) is 6.78. The third-order valence-corrected chi connectivity index (χ3v) is 6.26. The van der Waals surface area contributed by atoms with Gasteiger partial charge in [0.25, 0.3) is 5.91 Å². The van der Waals surface area contributed by atoms with Gasteiger partial charge in [-0.2, -0.15) is 0 Å². The van der Waals surface area contributed by atoms with Crippen LogP contribution in [0, 0.1) is 5.82 Å². The molecule has 3 aromatic rings. The molecule has 0 aliphatic carbocycles. The van der Waals surface area contributed by atoms with Crippen LogP contribution in [0.25, 0.3) is 6.08 Å². The highest BCUT2D eigenvalue weighted by Crippen LogP contribution is 2.37. The van der Waals surface area contributed by atoms with Gasteiger partial charge < -0.3 is 9.47 Å². The Kier molecular flexibility index (Phi) is 6.79. The molecule has 0 atom stereocenters. The zero-order valence-electron chi connectivity index (χ0n) is 16.9. The molecule has 1 heterocycles. The molecule has 32 heavy (non-hydrogen) atoms. The second-order valence-corrected chi connectivity index (χ2v) is 8.90. The Labute approximate surface area is 199 Å². The smallest absolute Gasteiger partial charge is 0.270 e. The summed E-state index contributed by atoms with van der Waals surface area (Å²) in [6.07, 6.45) is 1.74. The molecule has 0 N–H and O–H groups in total.